The zero-order chi connectivity index (χ0) is 24.8. The van der Waals surface area contributed by atoms with Crippen LogP contribution in [0.2, 0.25) is 0 Å². The molecule has 2 heterocycles. The summed E-state index contributed by atoms with van der Waals surface area (Å²) in [5.41, 5.74) is 3.12. The fourth-order valence-electron chi connectivity index (χ4n) is 4.59. The maximum Gasteiger partial charge on any atom is 0.261 e. The Bertz CT molecular complexity index is 1220. The number of nitrogens with zero attached hydrogens (tertiary/aromatic N) is 3. The molecule has 1 unspecified atom stereocenters. The molecule has 1 aliphatic heterocycles. The summed E-state index contributed by atoms with van der Waals surface area (Å²) < 4.78 is 24.4. The molecule has 1 atom stereocenters. The zero-order valence-corrected chi connectivity index (χ0v) is 19.7. The van der Waals surface area contributed by atoms with Crippen molar-refractivity contribution >= 4 is 17.3 Å². The van der Waals surface area contributed by atoms with Crippen LogP contribution in [0.25, 0.3) is 0 Å². The second kappa shape index (κ2) is 11.0. The Morgan fingerprint density at radius 3 is 2.57 bits per heavy atom. The van der Waals surface area contributed by atoms with Crippen molar-refractivity contribution in [3.8, 4) is 11.9 Å². The number of hydrogen-bond acceptors (Lipinski definition) is 6. The van der Waals surface area contributed by atoms with Crippen LogP contribution in [0, 0.1) is 23.1 Å². The van der Waals surface area contributed by atoms with Crippen molar-refractivity contribution in [3.63, 3.8) is 0 Å². The standard InChI is InChI=1S/C27H27FN4O3/c1-34-25(19-6-8-21(28)9-7-19)20-11-14-32(15-12-20)24-10-5-18(17-29)16-23(24)31-26(33)22-4-3-13-30-27(22)35-2/h3-10,13,16,20,25H,11-12,14-15H2,1-2H3,(H,31,33). The number of anilines is 2. The number of aromatic nitrogens is 1. The maximum atomic E-state index is 13.4. The number of halogens is 1. The molecule has 0 aliphatic carbocycles. The number of pyridine rings is 1. The molecule has 180 valence electrons. The third kappa shape index (κ3) is 5.42. The minimum Gasteiger partial charge on any atom is -0.480 e. The second-order valence-corrected chi connectivity index (χ2v) is 8.39. The highest BCUT2D eigenvalue weighted by molar-refractivity contribution is 6.07. The normalized spacial score (nSPS) is 14.7. The summed E-state index contributed by atoms with van der Waals surface area (Å²) in [6.07, 6.45) is 3.16. The molecule has 1 fully saturated rings. The van der Waals surface area contributed by atoms with Gasteiger partial charge in [-0.05, 0) is 66.8 Å². The van der Waals surface area contributed by atoms with Crippen LogP contribution < -0.4 is 15.0 Å². The number of carbonyl (C=O) groups excluding carboxylic acids is 1. The lowest BCUT2D eigenvalue weighted by atomic mass is 9.87. The van der Waals surface area contributed by atoms with E-state index in [2.05, 4.69) is 21.3 Å². The molecule has 4 rings (SSSR count). The Hall–Kier alpha value is -3.96. The molecule has 3 aromatic rings. The van der Waals surface area contributed by atoms with Crippen LogP contribution in [0.4, 0.5) is 15.8 Å². The summed E-state index contributed by atoms with van der Waals surface area (Å²) in [5, 5.41) is 12.3. The molecule has 0 spiro atoms. The van der Waals surface area contributed by atoms with E-state index >= 15 is 0 Å². The van der Waals surface area contributed by atoms with Crippen molar-refractivity contribution in [2.75, 3.05) is 37.5 Å². The van der Waals surface area contributed by atoms with Gasteiger partial charge in [0.05, 0.1) is 36.2 Å². The number of hydrogen-bond donors (Lipinski definition) is 1. The largest absolute Gasteiger partial charge is 0.480 e. The van der Waals surface area contributed by atoms with Crippen molar-refractivity contribution in [3.05, 3.63) is 83.3 Å². The van der Waals surface area contributed by atoms with Crippen LogP contribution >= 0.6 is 0 Å². The van der Waals surface area contributed by atoms with Crippen LogP contribution in [0.15, 0.2) is 60.8 Å². The highest BCUT2D eigenvalue weighted by Gasteiger charge is 2.29. The van der Waals surface area contributed by atoms with Crippen molar-refractivity contribution in [1.82, 2.24) is 4.98 Å². The summed E-state index contributed by atoms with van der Waals surface area (Å²) in [7, 11) is 3.14. The molecule has 1 N–H and O–H groups in total. The summed E-state index contributed by atoms with van der Waals surface area (Å²) >= 11 is 0. The van der Waals surface area contributed by atoms with Gasteiger partial charge in [0.2, 0.25) is 5.88 Å². The molecule has 1 aliphatic rings. The Morgan fingerprint density at radius 1 is 1.17 bits per heavy atom. The highest BCUT2D eigenvalue weighted by atomic mass is 19.1. The van der Waals surface area contributed by atoms with Gasteiger partial charge in [-0.15, -0.1) is 0 Å². The van der Waals surface area contributed by atoms with Crippen LogP contribution in [-0.4, -0.2) is 38.2 Å². The number of nitriles is 1. The number of amides is 1. The Kier molecular flexibility index (Phi) is 7.58. The highest BCUT2D eigenvalue weighted by Crippen LogP contribution is 2.37. The monoisotopic (exact) mass is 474 g/mol. The van der Waals surface area contributed by atoms with E-state index in [1.807, 2.05) is 6.07 Å². The number of piperidine rings is 1. The van der Waals surface area contributed by atoms with E-state index in [-0.39, 0.29) is 29.6 Å². The quantitative estimate of drug-likeness (QED) is 0.521. The van der Waals surface area contributed by atoms with E-state index in [9.17, 15) is 14.4 Å². The topological polar surface area (TPSA) is 87.5 Å². The molecule has 0 radical (unpaired) electrons. The Morgan fingerprint density at radius 2 is 1.91 bits per heavy atom. The first-order chi connectivity index (χ1) is 17.0. The Balaban J connectivity index is 1.52. The predicted octanol–water partition coefficient (Wildman–Crippen LogP) is 4.96. The van der Waals surface area contributed by atoms with Gasteiger partial charge < -0.3 is 19.7 Å². The van der Waals surface area contributed by atoms with Gasteiger partial charge in [0.25, 0.3) is 5.91 Å². The van der Waals surface area contributed by atoms with Gasteiger partial charge in [0.1, 0.15) is 11.4 Å². The molecule has 7 nitrogen and oxygen atoms in total. The lowest BCUT2D eigenvalue weighted by Gasteiger charge is -2.37. The summed E-state index contributed by atoms with van der Waals surface area (Å²) in [4.78, 5) is 19.3. The molecular formula is C27H27FN4O3. The summed E-state index contributed by atoms with van der Waals surface area (Å²) in [6.45, 7) is 1.49. The predicted molar refractivity (Wildman–Crippen MR) is 131 cm³/mol. The second-order valence-electron chi connectivity index (χ2n) is 8.39. The molecule has 1 saturated heterocycles. The van der Waals surface area contributed by atoms with E-state index in [1.54, 1.807) is 49.7 Å². The first kappa shape index (κ1) is 24.2. The van der Waals surface area contributed by atoms with Crippen molar-refractivity contribution in [1.29, 1.82) is 5.26 Å². The van der Waals surface area contributed by atoms with Gasteiger partial charge in [0, 0.05) is 26.4 Å². The minimum atomic E-state index is -0.364. The van der Waals surface area contributed by atoms with E-state index in [4.69, 9.17) is 9.47 Å². The third-order valence-corrected chi connectivity index (χ3v) is 6.34. The number of ether oxygens (including phenoxy) is 2. The van der Waals surface area contributed by atoms with Crippen LogP contribution in [0.5, 0.6) is 5.88 Å². The van der Waals surface area contributed by atoms with E-state index < -0.39 is 0 Å². The van der Waals surface area contributed by atoms with Crippen LogP contribution in [0.1, 0.15) is 40.4 Å². The molecular weight excluding hydrogens is 447 g/mol. The van der Waals surface area contributed by atoms with Crippen molar-refractivity contribution < 1.29 is 18.7 Å². The van der Waals surface area contributed by atoms with Gasteiger partial charge in [-0.2, -0.15) is 5.26 Å². The average molecular weight is 475 g/mol. The number of benzene rings is 2. The smallest absolute Gasteiger partial charge is 0.261 e. The van der Waals surface area contributed by atoms with Crippen molar-refractivity contribution in [2.45, 2.75) is 18.9 Å². The van der Waals surface area contributed by atoms with Gasteiger partial charge in [0.15, 0.2) is 0 Å². The first-order valence-electron chi connectivity index (χ1n) is 11.4. The zero-order valence-electron chi connectivity index (χ0n) is 19.7. The third-order valence-electron chi connectivity index (χ3n) is 6.34. The summed E-state index contributed by atoms with van der Waals surface area (Å²) in [5.74, 6) is -0.123. The molecule has 2 aromatic carbocycles. The van der Waals surface area contributed by atoms with E-state index in [0.29, 0.717) is 16.8 Å². The molecule has 1 aromatic heterocycles. The van der Waals surface area contributed by atoms with E-state index in [0.717, 1.165) is 37.2 Å². The number of rotatable bonds is 7. The lowest BCUT2D eigenvalue weighted by molar-refractivity contribution is 0.0409. The molecule has 8 heteroatoms. The minimum absolute atomic E-state index is 0.115. The maximum absolute atomic E-state index is 13.4. The average Bonchev–Trinajstić information content (AvgIpc) is 2.90. The molecule has 1 amide bonds. The van der Waals surface area contributed by atoms with Gasteiger partial charge in [-0.1, -0.05) is 12.1 Å². The number of carbonyl (C=O) groups is 1. The fourth-order valence-corrected chi connectivity index (χ4v) is 4.59. The first-order valence-corrected chi connectivity index (χ1v) is 11.4. The van der Waals surface area contributed by atoms with Gasteiger partial charge in [-0.25, -0.2) is 9.37 Å². The molecule has 0 saturated carbocycles. The molecule has 0 bridgehead atoms. The Labute approximate surface area is 204 Å². The van der Waals surface area contributed by atoms with Crippen LogP contribution in [-0.2, 0) is 4.74 Å². The SMILES string of the molecule is COc1ncccc1C(=O)Nc1cc(C#N)ccc1N1CCC(C(OC)c2ccc(F)cc2)CC1. The van der Waals surface area contributed by atoms with Crippen molar-refractivity contribution in [2.24, 2.45) is 5.92 Å². The fraction of sp³-hybridized carbons (Fsp3) is 0.296. The number of methoxy groups -OCH3 is 2. The van der Waals surface area contributed by atoms with E-state index in [1.165, 1.54) is 19.2 Å². The number of nitrogens with one attached hydrogen (secondary N) is 1. The lowest BCUT2D eigenvalue weighted by Crippen LogP contribution is -2.36. The summed E-state index contributed by atoms with van der Waals surface area (Å²) in [6, 6.07) is 17.2. The molecule has 35 heavy (non-hydrogen) atoms. The van der Waals surface area contributed by atoms with Gasteiger partial charge in [-0.3, -0.25) is 4.79 Å². The van der Waals surface area contributed by atoms with Crippen LogP contribution in [0.3, 0.4) is 0 Å². The van der Waals surface area contributed by atoms with Gasteiger partial charge >= 0.3 is 0 Å².